The highest BCUT2D eigenvalue weighted by atomic mass is 35.5. The molecule has 0 atom stereocenters. The minimum atomic E-state index is -0.295. The van der Waals surface area contributed by atoms with Crippen molar-refractivity contribution in [2.45, 2.75) is 12.8 Å². The van der Waals surface area contributed by atoms with E-state index in [1.165, 1.54) is 12.1 Å². The molecule has 0 bridgehead atoms. The van der Waals surface area contributed by atoms with E-state index in [0.717, 1.165) is 11.3 Å². The van der Waals surface area contributed by atoms with Gasteiger partial charge in [0.2, 0.25) is 0 Å². The zero-order valence-corrected chi connectivity index (χ0v) is 9.00. The molecule has 0 aliphatic carbocycles. The van der Waals surface area contributed by atoms with Crippen LogP contribution in [0.1, 0.15) is 11.3 Å². The van der Waals surface area contributed by atoms with Crippen LogP contribution in [0.3, 0.4) is 0 Å². The van der Waals surface area contributed by atoms with Gasteiger partial charge in [-0.3, -0.25) is 0 Å². The lowest BCUT2D eigenvalue weighted by atomic mass is 10.2. The molecule has 0 saturated carbocycles. The number of nitrogens with zero attached hydrogens (tertiary/aromatic N) is 2. The molecule has 2 nitrogen and oxygen atoms in total. The molecule has 0 saturated heterocycles. The van der Waals surface area contributed by atoms with Crippen molar-refractivity contribution in [3.05, 3.63) is 47.5 Å². The first kappa shape index (κ1) is 10.2. The SMILES string of the molecule is Cc1ccn(-c2cc(F)cc(CCl)c2)n1. The highest BCUT2D eigenvalue weighted by molar-refractivity contribution is 6.17. The molecule has 78 valence electrons. The average Bonchev–Trinajstić information content (AvgIpc) is 2.64. The number of aromatic nitrogens is 2. The predicted molar refractivity (Wildman–Crippen MR) is 57.8 cm³/mol. The van der Waals surface area contributed by atoms with Gasteiger partial charge in [0.25, 0.3) is 0 Å². The van der Waals surface area contributed by atoms with Gasteiger partial charge >= 0.3 is 0 Å². The molecule has 1 aromatic carbocycles. The zero-order valence-electron chi connectivity index (χ0n) is 8.24. The summed E-state index contributed by atoms with van der Waals surface area (Å²) >= 11 is 5.67. The molecular formula is C11H10ClFN2. The van der Waals surface area contributed by atoms with Crippen LogP contribution in [0, 0.1) is 12.7 Å². The van der Waals surface area contributed by atoms with Gasteiger partial charge in [-0.1, -0.05) is 0 Å². The zero-order chi connectivity index (χ0) is 10.8. The summed E-state index contributed by atoms with van der Waals surface area (Å²) in [6, 6.07) is 6.54. The lowest BCUT2D eigenvalue weighted by Gasteiger charge is -2.03. The fourth-order valence-corrected chi connectivity index (χ4v) is 1.56. The van der Waals surface area contributed by atoms with Gasteiger partial charge in [0.05, 0.1) is 11.4 Å². The van der Waals surface area contributed by atoms with Crippen LogP contribution in [-0.2, 0) is 5.88 Å². The molecule has 1 aromatic heterocycles. The lowest BCUT2D eigenvalue weighted by Crippen LogP contribution is -1.97. The van der Waals surface area contributed by atoms with E-state index in [1.807, 2.05) is 19.1 Å². The molecule has 0 aliphatic heterocycles. The minimum absolute atomic E-state index is 0.295. The maximum Gasteiger partial charge on any atom is 0.125 e. The van der Waals surface area contributed by atoms with Gasteiger partial charge in [0.15, 0.2) is 0 Å². The van der Waals surface area contributed by atoms with Crippen molar-refractivity contribution in [1.29, 1.82) is 0 Å². The van der Waals surface area contributed by atoms with Crippen LogP contribution >= 0.6 is 11.6 Å². The first-order chi connectivity index (χ1) is 7.19. The molecule has 0 spiro atoms. The van der Waals surface area contributed by atoms with Gasteiger partial charge in [-0.05, 0) is 36.8 Å². The summed E-state index contributed by atoms with van der Waals surface area (Å²) in [6.07, 6.45) is 1.79. The number of hydrogen-bond donors (Lipinski definition) is 0. The maximum absolute atomic E-state index is 13.2. The quantitative estimate of drug-likeness (QED) is 0.717. The molecule has 0 aliphatic rings. The Balaban J connectivity index is 2.48. The molecule has 15 heavy (non-hydrogen) atoms. The topological polar surface area (TPSA) is 17.8 Å². The predicted octanol–water partition coefficient (Wildman–Crippen LogP) is 3.06. The first-order valence-electron chi connectivity index (χ1n) is 4.57. The van der Waals surface area contributed by atoms with Gasteiger partial charge in [-0.25, -0.2) is 9.07 Å². The minimum Gasteiger partial charge on any atom is -0.241 e. The Kier molecular flexibility index (Phi) is 2.73. The van der Waals surface area contributed by atoms with Crippen LogP contribution in [0.15, 0.2) is 30.5 Å². The first-order valence-corrected chi connectivity index (χ1v) is 5.10. The molecule has 4 heteroatoms. The van der Waals surface area contributed by atoms with Crippen LogP contribution in [-0.4, -0.2) is 9.78 Å². The number of aryl methyl sites for hydroxylation is 1. The fourth-order valence-electron chi connectivity index (χ4n) is 1.40. The van der Waals surface area contributed by atoms with E-state index in [9.17, 15) is 4.39 Å². The summed E-state index contributed by atoms with van der Waals surface area (Å²) in [5.41, 5.74) is 2.34. The number of alkyl halides is 1. The Labute approximate surface area is 92.3 Å². The van der Waals surface area contributed by atoms with E-state index >= 15 is 0 Å². The Morgan fingerprint density at radius 3 is 2.80 bits per heavy atom. The third-order valence-electron chi connectivity index (χ3n) is 2.08. The highest BCUT2D eigenvalue weighted by Gasteiger charge is 2.03. The van der Waals surface area contributed by atoms with Crippen molar-refractivity contribution in [3.63, 3.8) is 0 Å². The third kappa shape index (κ3) is 2.18. The Bertz CT molecular complexity index is 479. The van der Waals surface area contributed by atoms with E-state index in [0.29, 0.717) is 11.6 Å². The van der Waals surface area contributed by atoms with Crippen molar-refractivity contribution in [2.75, 3.05) is 0 Å². The lowest BCUT2D eigenvalue weighted by molar-refractivity contribution is 0.624. The number of hydrogen-bond acceptors (Lipinski definition) is 1. The van der Waals surface area contributed by atoms with Crippen LogP contribution in [0.2, 0.25) is 0 Å². The third-order valence-corrected chi connectivity index (χ3v) is 2.39. The number of rotatable bonds is 2. The van der Waals surface area contributed by atoms with Crippen molar-refractivity contribution < 1.29 is 4.39 Å². The average molecular weight is 225 g/mol. The molecule has 1 heterocycles. The smallest absolute Gasteiger partial charge is 0.125 e. The van der Waals surface area contributed by atoms with Crippen molar-refractivity contribution in [3.8, 4) is 5.69 Å². The van der Waals surface area contributed by atoms with Crippen LogP contribution in [0.4, 0.5) is 4.39 Å². The molecule has 2 rings (SSSR count). The highest BCUT2D eigenvalue weighted by Crippen LogP contribution is 2.14. The van der Waals surface area contributed by atoms with E-state index in [-0.39, 0.29) is 5.82 Å². The second kappa shape index (κ2) is 4.03. The van der Waals surface area contributed by atoms with E-state index in [4.69, 9.17) is 11.6 Å². The number of halogens is 2. The molecule has 0 amide bonds. The Morgan fingerprint density at radius 2 is 2.20 bits per heavy atom. The largest absolute Gasteiger partial charge is 0.241 e. The van der Waals surface area contributed by atoms with Gasteiger partial charge < -0.3 is 0 Å². The summed E-state index contributed by atoms with van der Waals surface area (Å²) in [5, 5.41) is 4.20. The summed E-state index contributed by atoms with van der Waals surface area (Å²) < 4.78 is 14.8. The van der Waals surface area contributed by atoms with Gasteiger partial charge in [0, 0.05) is 12.1 Å². The van der Waals surface area contributed by atoms with Crippen LogP contribution in [0.5, 0.6) is 0 Å². The van der Waals surface area contributed by atoms with E-state index < -0.39 is 0 Å². The van der Waals surface area contributed by atoms with Gasteiger partial charge in [-0.2, -0.15) is 5.10 Å². The Morgan fingerprint density at radius 1 is 1.40 bits per heavy atom. The number of benzene rings is 1. The second-order valence-electron chi connectivity index (χ2n) is 3.35. The Hall–Kier alpha value is -1.35. The van der Waals surface area contributed by atoms with Crippen LogP contribution < -0.4 is 0 Å². The summed E-state index contributed by atoms with van der Waals surface area (Å²) in [4.78, 5) is 0. The van der Waals surface area contributed by atoms with E-state index in [1.54, 1.807) is 10.9 Å². The molecule has 0 unspecified atom stereocenters. The van der Waals surface area contributed by atoms with E-state index in [2.05, 4.69) is 5.10 Å². The summed E-state index contributed by atoms with van der Waals surface area (Å²) in [6.45, 7) is 1.89. The molecule has 0 radical (unpaired) electrons. The standard InChI is InChI=1S/C11H10ClFN2/c1-8-2-3-15(14-8)11-5-9(7-12)4-10(13)6-11/h2-6H,7H2,1H3. The fraction of sp³-hybridized carbons (Fsp3) is 0.182. The molecule has 0 N–H and O–H groups in total. The summed E-state index contributed by atoms with van der Waals surface area (Å²) in [5.74, 6) is 0.00155. The summed E-state index contributed by atoms with van der Waals surface area (Å²) in [7, 11) is 0. The van der Waals surface area contributed by atoms with Crippen LogP contribution in [0.25, 0.3) is 5.69 Å². The molecule has 2 aromatic rings. The molecule has 0 fully saturated rings. The van der Waals surface area contributed by atoms with Gasteiger partial charge in [-0.15, -0.1) is 11.6 Å². The van der Waals surface area contributed by atoms with Crippen molar-refractivity contribution in [1.82, 2.24) is 9.78 Å². The van der Waals surface area contributed by atoms with Gasteiger partial charge in [0.1, 0.15) is 5.82 Å². The van der Waals surface area contributed by atoms with Crippen molar-refractivity contribution in [2.24, 2.45) is 0 Å². The molecular weight excluding hydrogens is 215 g/mol. The normalized spacial score (nSPS) is 10.6. The maximum atomic E-state index is 13.2. The monoisotopic (exact) mass is 224 g/mol. The van der Waals surface area contributed by atoms with Crippen molar-refractivity contribution >= 4 is 11.6 Å². The second-order valence-corrected chi connectivity index (χ2v) is 3.62.